The van der Waals surface area contributed by atoms with Crippen LogP contribution in [-0.2, 0) is 33.6 Å². The minimum Gasteiger partial charge on any atom is -0.354 e. The number of rotatable bonds is 11. The minimum atomic E-state index is -1.07. The van der Waals surface area contributed by atoms with Crippen molar-refractivity contribution >= 4 is 41.4 Å². The van der Waals surface area contributed by atoms with Crippen LogP contribution in [0.25, 0.3) is 0 Å². The molecule has 2 saturated carbocycles. The number of hydrogen-bond acceptors (Lipinski definition) is 9. The molecule has 7 amide bonds. The van der Waals surface area contributed by atoms with Crippen LogP contribution in [0, 0.1) is 11.8 Å². The van der Waals surface area contributed by atoms with Crippen molar-refractivity contribution in [2.75, 3.05) is 19.6 Å². The highest BCUT2D eigenvalue weighted by Gasteiger charge is 2.42. The molecule has 278 valence electrons. The molecule has 5 fully saturated rings. The van der Waals surface area contributed by atoms with Gasteiger partial charge in [0.25, 0.3) is 0 Å². The Morgan fingerprint density at radius 2 is 1.10 bits per heavy atom. The van der Waals surface area contributed by atoms with E-state index in [1.165, 1.54) is 13.8 Å². The van der Waals surface area contributed by atoms with Crippen LogP contribution in [0.1, 0.15) is 91.9 Å². The van der Waals surface area contributed by atoms with E-state index in [1.807, 2.05) is 0 Å². The van der Waals surface area contributed by atoms with Gasteiger partial charge < -0.3 is 47.4 Å². The summed E-state index contributed by atoms with van der Waals surface area (Å²) in [6.45, 7) is 7.78. The first-order valence-corrected chi connectivity index (χ1v) is 18.2. The lowest BCUT2D eigenvalue weighted by molar-refractivity contribution is -0.141. The lowest BCUT2D eigenvalue weighted by atomic mass is 10.0. The monoisotopic (exact) mass is 701 g/mol. The molecule has 50 heavy (non-hydrogen) atoms. The molecule has 3 saturated heterocycles. The number of amides is 7. The number of nitrogens with zero attached hydrogens (tertiary/aromatic N) is 1. The van der Waals surface area contributed by atoms with E-state index in [1.54, 1.807) is 18.7 Å². The molecule has 3 aliphatic heterocycles. The van der Waals surface area contributed by atoms with Gasteiger partial charge in [-0.2, -0.15) is 0 Å². The van der Waals surface area contributed by atoms with Crippen molar-refractivity contribution in [3.63, 3.8) is 0 Å². The fourth-order valence-corrected chi connectivity index (χ4v) is 8.31. The van der Waals surface area contributed by atoms with Crippen molar-refractivity contribution in [1.29, 1.82) is 0 Å². The largest absolute Gasteiger partial charge is 0.354 e. The number of hydrogen-bond donors (Lipinski definition) is 8. The number of carbonyl (C=O) groups is 7. The van der Waals surface area contributed by atoms with E-state index in [0.29, 0.717) is 77.4 Å². The molecule has 0 aromatic rings. The predicted molar refractivity (Wildman–Crippen MR) is 182 cm³/mol. The molecule has 0 bridgehead atoms. The molecule has 16 heteroatoms. The van der Waals surface area contributed by atoms with Gasteiger partial charge in [-0.05, 0) is 78.1 Å². The second kappa shape index (κ2) is 16.0. The highest BCUT2D eigenvalue weighted by Crippen LogP contribution is 2.28. The molecule has 2 aliphatic carbocycles. The van der Waals surface area contributed by atoms with Crippen LogP contribution >= 0.6 is 0 Å². The molecule has 0 spiro atoms. The lowest BCUT2D eigenvalue weighted by Crippen LogP contribution is -2.61. The molecule has 3 heterocycles. The topological polar surface area (TPSA) is 219 Å². The normalized spacial score (nSPS) is 32.3. The summed E-state index contributed by atoms with van der Waals surface area (Å²) in [6, 6.07) is -2.00. The Labute approximate surface area is 293 Å². The Kier molecular flexibility index (Phi) is 12.0. The molecule has 8 N–H and O–H groups in total. The van der Waals surface area contributed by atoms with Crippen molar-refractivity contribution in [1.82, 2.24) is 47.4 Å². The van der Waals surface area contributed by atoms with Crippen LogP contribution in [-0.4, -0.2) is 114 Å². The first-order chi connectivity index (χ1) is 23.7. The molecule has 1 unspecified atom stereocenters. The van der Waals surface area contributed by atoms with E-state index in [9.17, 15) is 33.6 Å². The van der Waals surface area contributed by atoms with Gasteiger partial charge in [0.2, 0.25) is 41.4 Å². The number of nitrogens with one attached hydrogen (secondary N) is 8. The summed E-state index contributed by atoms with van der Waals surface area (Å²) >= 11 is 0. The summed E-state index contributed by atoms with van der Waals surface area (Å²) in [5.74, 6) is -1.63. The highest BCUT2D eigenvalue weighted by molar-refractivity contribution is 5.91. The summed E-state index contributed by atoms with van der Waals surface area (Å²) in [7, 11) is 0. The van der Waals surface area contributed by atoms with E-state index >= 15 is 0 Å². The van der Waals surface area contributed by atoms with Gasteiger partial charge in [0.1, 0.15) is 11.7 Å². The molecule has 0 aromatic heterocycles. The zero-order valence-electron chi connectivity index (χ0n) is 29.7. The Morgan fingerprint density at radius 1 is 0.580 bits per heavy atom. The molecule has 5 rings (SSSR count). The predicted octanol–water partition coefficient (Wildman–Crippen LogP) is -1.75. The highest BCUT2D eigenvalue weighted by atomic mass is 16.2. The molecular formula is C34H55N9O7. The molecule has 9 atom stereocenters. The van der Waals surface area contributed by atoms with Crippen molar-refractivity contribution in [2.24, 2.45) is 11.8 Å². The van der Waals surface area contributed by atoms with Crippen LogP contribution in [0.5, 0.6) is 0 Å². The molecular weight excluding hydrogens is 646 g/mol. The standard InChI is InChI=1S/C34H55N9O7/c1-18(44)37-22-9-7-20(12-22)29(46)40-25-15-27(36-17-25)33(50)43-11-5-6-28(43)32(49)42-34(3,4)41-30(47)21-8-10-23(13-21)39-31(48)26-14-24(16-35-26)38-19(2)45/h20-28,35-36H,5-17H2,1-4H3,(H,37,44)(H,38,45)(H,39,48)(H,40,46)(H,41,47)(H,42,49)/t20-,21-,22-,23-,24+,25+,26-,27-,28?/m0/s1. The SMILES string of the molecule is CC(=O)N[C@H]1CC[C@H](C(=O)N[C@H]2CN[C@H](C(=O)N3CCCC3C(=O)NC(C)(C)NC(=O)[C@H]3CC[C@H](NC(=O)[C@@H]4C[C@@H](NC(C)=O)CN4)C3)C2)C1. The summed E-state index contributed by atoms with van der Waals surface area (Å²) in [5.41, 5.74) is -1.07. The van der Waals surface area contributed by atoms with E-state index < -0.39 is 23.8 Å². The van der Waals surface area contributed by atoms with Gasteiger partial charge in [0, 0.05) is 69.5 Å². The maximum Gasteiger partial charge on any atom is 0.244 e. The van der Waals surface area contributed by atoms with Crippen LogP contribution < -0.4 is 42.5 Å². The number of carbonyl (C=O) groups excluding carboxylic acids is 7. The Morgan fingerprint density at radius 3 is 1.76 bits per heavy atom. The zero-order valence-corrected chi connectivity index (χ0v) is 29.7. The Balaban J connectivity index is 1.04. The van der Waals surface area contributed by atoms with Crippen LogP contribution in [0.4, 0.5) is 0 Å². The van der Waals surface area contributed by atoms with Gasteiger partial charge in [-0.3, -0.25) is 33.6 Å². The van der Waals surface area contributed by atoms with Gasteiger partial charge in [0.15, 0.2) is 0 Å². The smallest absolute Gasteiger partial charge is 0.244 e. The Hall–Kier alpha value is -3.79. The average Bonchev–Trinajstić information content (AvgIpc) is 3.86. The van der Waals surface area contributed by atoms with E-state index in [4.69, 9.17) is 0 Å². The average molecular weight is 702 g/mol. The molecule has 16 nitrogen and oxygen atoms in total. The first kappa shape index (κ1) is 37.5. The second-order valence-electron chi connectivity index (χ2n) is 15.4. The maximum absolute atomic E-state index is 13.6. The summed E-state index contributed by atoms with van der Waals surface area (Å²) in [6.07, 6.45) is 5.97. The van der Waals surface area contributed by atoms with Gasteiger partial charge in [-0.25, -0.2) is 0 Å². The summed E-state index contributed by atoms with van der Waals surface area (Å²) < 4.78 is 0. The minimum absolute atomic E-state index is 0.0115. The van der Waals surface area contributed by atoms with Crippen molar-refractivity contribution in [2.45, 2.75) is 140 Å². The third-order valence-corrected chi connectivity index (χ3v) is 10.7. The fourth-order valence-electron chi connectivity index (χ4n) is 8.31. The van der Waals surface area contributed by atoms with Crippen molar-refractivity contribution in [3.8, 4) is 0 Å². The van der Waals surface area contributed by atoms with E-state index in [2.05, 4.69) is 42.5 Å². The van der Waals surface area contributed by atoms with E-state index in [0.717, 1.165) is 6.42 Å². The summed E-state index contributed by atoms with van der Waals surface area (Å²) in [5, 5.41) is 24.1. The molecule has 5 aliphatic rings. The van der Waals surface area contributed by atoms with Gasteiger partial charge in [0.05, 0.1) is 12.1 Å². The third-order valence-electron chi connectivity index (χ3n) is 10.7. The first-order valence-electron chi connectivity index (χ1n) is 18.2. The van der Waals surface area contributed by atoms with Crippen LogP contribution in [0.15, 0.2) is 0 Å². The van der Waals surface area contributed by atoms with Crippen LogP contribution in [0.3, 0.4) is 0 Å². The van der Waals surface area contributed by atoms with E-state index in [-0.39, 0.29) is 77.4 Å². The van der Waals surface area contributed by atoms with Crippen molar-refractivity contribution < 1.29 is 33.6 Å². The summed E-state index contributed by atoms with van der Waals surface area (Å²) in [4.78, 5) is 90.3. The number of likely N-dealkylation sites (tertiary alicyclic amines) is 1. The fraction of sp³-hybridized carbons (Fsp3) is 0.794. The maximum atomic E-state index is 13.6. The van der Waals surface area contributed by atoms with Gasteiger partial charge in [-0.1, -0.05) is 0 Å². The lowest BCUT2D eigenvalue weighted by Gasteiger charge is -2.33. The molecule has 0 radical (unpaired) electrons. The third kappa shape index (κ3) is 9.71. The van der Waals surface area contributed by atoms with Gasteiger partial charge >= 0.3 is 0 Å². The molecule has 0 aromatic carbocycles. The van der Waals surface area contributed by atoms with Crippen molar-refractivity contribution in [3.05, 3.63) is 0 Å². The van der Waals surface area contributed by atoms with Gasteiger partial charge in [-0.15, -0.1) is 0 Å². The quantitative estimate of drug-likeness (QED) is 0.114. The second-order valence-corrected chi connectivity index (χ2v) is 15.4. The Bertz CT molecular complexity index is 1340. The van der Waals surface area contributed by atoms with Crippen LogP contribution in [0.2, 0.25) is 0 Å². The zero-order chi connectivity index (χ0) is 36.2.